The maximum atomic E-state index is 12.1. The molecule has 0 spiro atoms. The molecule has 2 atom stereocenters. The van der Waals surface area contributed by atoms with Crippen molar-refractivity contribution in [3.8, 4) is 0 Å². The number of carbonyl (C=O) groups excluding carboxylic acids is 1. The van der Waals surface area contributed by atoms with Crippen molar-refractivity contribution in [1.29, 1.82) is 0 Å². The van der Waals surface area contributed by atoms with Gasteiger partial charge >= 0.3 is 0 Å². The van der Waals surface area contributed by atoms with Gasteiger partial charge in [0.15, 0.2) is 0 Å². The fourth-order valence-corrected chi connectivity index (χ4v) is 2.30. The van der Waals surface area contributed by atoms with E-state index in [9.17, 15) is 4.79 Å². The number of piperazine rings is 1. The zero-order valence-corrected chi connectivity index (χ0v) is 10.8. The average molecular weight is 228 g/mol. The average Bonchev–Trinajstić information content (AvgIpc) is 2.20. The van der Waals surface area contributed by atoms with E-state index in [1.54, 1.807) is 4.90 Å². The molecule has 1 aliphatic rings. The first-order valence-corrected chi connectivity index (χ1v) is 6.09. The first kappa shape index (κ1) is 13.5. The number of amides is 1. The van der Waals surface area contributed by atoms with Crippen LogP contribution in [0.15, 0.2) is 0 Å². The van der Waals surface area contributed by atoms with E-state index in [1.165, 1.54) is 0 Å². The maximum Gasteiger partial charge on any atom is 0.240 e. The molecule has 1 saturated heterocycles. The summed E-state index contributed by atoms with van der Waals surface area (Å²) >= 11 is 0. The van der Waals surface area contributed by atoms with Gasteiger partial charge in [0.1, 0.15) is 0 Å². The van der Waals surface area contributed by atoms with Crippen LogP contribution in [0, 0.1) is 5.92 Å². The molecule has 1 aliphatic heterocycles. The van der Waals surface area contributed by atoms with Crippen molar-refractivity contribution >= 4 is 5.91 Å². The van der Waals surface area contributed by atoms with Gasteiger partial charge in [-0.2, -0.15) is 0 Å². The van der Waals surface area contributed by atoms with Gasteiger partial charge in [-0.15, -0.1) is 0 Å². The van der Waals surface area contributed by atoms with Gasteiger partial charge in [-0.25, -0.2) is 0 Å². The number of hydrogen-bond acceptors (Lipinski definition) is 3. The molecule has 1 fully saturated rings. The van der Waals surface area contributed by atoms with Gasteiger partial charge in [0.25, 0.3) is 0 Å². The first-order valence-electron chi connectivity index (χ1n) is 6.09. The van der Waals surface area contributed by atoms with Crippen LogP contribution in [0.25, 0.3) is 0 Å². The Bertz CT molecular complexity index is 243. The first-order chi connectivity index (χ1) is 7.47. The van der Waals surface area contributed by atoms with Crippen molar-refractivity contribution in [3.05, 3.63) is 0 Å². The number of rotatable bonds is 4. The Morgan fingerprint density at radius 2 is 2.12 bits per heavy atom. The Morgan fingerprint density at radius 1 is 1.50 bits per heavy atom. The van der Waals surface area contributed by atoms with E-state index in [4.69, 9.17) is 5.11 Å². The summed E-state index contributed by atoms with van der Waals surface area (Å²) in [6, 6.07) is 0.134. The molecule has 0 radical (unpaired) electrons. The summed E-state index contributed by atoms with van der Waals surface area (Å²) in [6.45, 7) is 8.29. The maximum absolute atomic E-state index is 12.1. The normalized spacial score (nSPS) is 27.9. The second kappa shape index (κ2) is 5.64. The number of carbonyl (C=O) groups is 1. The topological polar surface area (TPSA) is 43.8 Å². The molecule has 4 heteroatoms. The van der Waals surface area contributed by atoms with E-state index in [1.807, 2.05) is 7.05 Å². The Hall–Kier alpha value is -0.610. The molecule has 94 valence electrons. The van der Waals surface area contributed by atoms with E-state index in [0.717, 1.165) is 13.1 Å². The van der Waals surface area contributed by atoms with Crippen molar-refractivity contribution in [3.63, 3.8) is 0 Å². The third-order valence-electron chi connectivity index (χ3n) is 3.24. The third-order valence-corrected chi connectivity index (χ3v) is 3.24. The Balaban J connectivity index is 2.74. The Morgan fingerprint density at radius 3 is 2.62 bits per heavy atom. The van der Waals surface area contributed by atoms with Gasteiger partial charge in [0, 0.05) is 32.8 Å². The van der Waals surface area contributed by atoms with E-state index in [-0.39, 0.29) is 24.6 Å². The van der Waals surface area contributed by atoms with Gasteiger partial charge in [0.05, 0.1) is 6.04 Å². The Kier molecular flexibility index (Phi) is 4.74. The fraction of sp³-hybridized carbons (Fsp3) is 0.917. The molecule has 0 bridgehead atoms. The van der Waals surface area contributed by atoms with Crippen molar-refractivity contribution in [1.82, 2.24) is 9.80 Å². The summed E-state index contributed by atoms with van der Waals surface area (Å²) in [6.07, 6.45) is 0.544. The van der Waals surface area contributed by atoms with Gasteiger partial charge in [-0.3, -0.25) is 9.69 Å². The summed E-state index contributed by atoms with van der Waals surface area (Å²) in [5.41, 5.74) is 0. The molecule has 0 aromatic carbocycles. The molecule has 1 heterocycles. The lowest BCUT2D eigenvalue weighted by Gasteiger charge is -2.43. The number of nitrogens with zero attached hydrogens (tertiary/aromatic N) is 2. The van der Waals surface area contributed by atoms with Crippen LogP contribution in [0.5, 0.6) is 0 Å². The minimum absolute atomic E-state index is 0.0766. The van der Waals surface area contributed by atoms with Crippen LogP contribution in [0.3, 0.4) is 0 Å². The van der Waals surface area contributed by atoms with Crippen LogP contribution in [0.1, 0.15) is 27.2 Å². The summed E-state index contributed by atoms with van der Waals surface area (Å²) < 4.78 is 0. The summed E-state index contributed by atoms with van der Waals surface area (Å²) in [5.74, 6) is 0.693. The molecule has 1 rings (SSSR count). The van der Waals surface area contributed by atoms with E-state index >= 15 is 0 Å². The van der Waals surface area contributed by atoms with Crippen LogP contribution >= 0.6 is 0 Å². The van der Waals surface area contributed by atoms with Crippen molar-refractivity contribution in [2.75, 3.05) is 26.7 Å². The van der Waals surface area contributed by atoms with Gasteiger partial charge in [0.2, 0.25) is 5.91 Å². The fourth-order valence-electron chi connectivity index (χ4n) is 2.30. The van der Waals surface area contributed by atoms with Crippen molar-refractivity contribution in [2.24, 2.45) is 5.92 Å². The van der Waals surface area contributed by atoms with Gasteiger partial charge in [-0.1, -0.05) is 13.8 Å². The monoisotopic (exact) mass is 228 g/mol. The van der Waals surface area contributed by atoms with Gasteiger partial charge in [-0.05, 0) is 19.3 Å². The molecular formula is C12H24N2O2. The SMILES string of the molecule is CC(C)CN1CC(C)N(C)C(=O)C1CCO. The molecule has 0 saturated carbocycles. The smallest absolute Gasteiger partial charge is 0.240 e. The van der Waals surface area contributed by atoms with Crippen LogP contribution in [-0.4, -0.2) is 59.6 Å². The predicted molar refractivity (Wildman–Crippen MR) is 64.1 cm³/mol. The molecule has 0 aromatic rings. The van der Waals surface area contributed by atoms with Crippen LogP contribution in [0.4, 0.5) is 0 Å². The number of hydrogen-bond donors (Lipinski definition) is 1. The summed E-state index contributed by atoms with van der Waals surface area (Å²) in [4.78, 5) is 16.1. The van der Waals surface area contributed by atoms with E-state index < -0.39 is 0 Å². The standard InChI is InChI=1S/C12H24N2O2/c1-9(2)7-14-8-10(3)13(4)12(16)11(14)5-6-15/h9-11,15H,5-8H2,1-4H3. The highest BCUT2D eigenvalue weighted by molar-refractivity contribution is 5.82. The quantitative estimate of drug-likeness (QED) is 0.764. The molecule has 2 unspecified atom stereocenters. The highest BCUT2D eigenvalue weighted by atomic mass is 16.3. The number of aliphatic hydroxyl groups is 1. The van der Waals surface area contributed by atoms with Crippen LogP contribution in [-0.2, 0) is 4.79 Å². The largest absolute Gasteiger partial charge is 0.396 e. The summed E-state index contributed by atoms with van der Waals surface area (Å²) in [5, 5.41) is 9.04. The molecule has 0 aromatic heterocycles. The van der Waals surface area contributed by atoms with Gasteiger partial charge < -0.3 is 10.0 Å². The molecule has 4 nitrogen and oxygen atoms in total. The van der Waals surface area contributed by atoms with E-state index in [2.05, 4.69) is 25.7 Å². The number of aliphatic hydroxyl groups excluding tert-OH is 1. The Labute approximate surface area is 98.2 Å². The second-order valence-corrected chi connectivity index (χ2v) is 5.17. The second-order valence-electron chi connectivity index (χ2n) is 5.17. The molecule has 0 aliphatic carbocycles. The zero-order chi connectivity index (χ0) is 12.3. The highest BCUT2D eigenvalue weighted by Gasteiger charge is 2.36. The highest BCUT2D eigenvalue weighted by Crippen LogP contribution is 2.18. The predicted octanol–water partition coefficient (Wildman–Crippen LogP) is 0.556. The lowest BCUT2D eigenvalue weighted by molar-refractivity contribution is -0.144. The van der Waals surface area contributed by atoms with Crippen LogP contribution in [0.2, 0.25) is 0 Å². The third kappa shape index (κ3) is 2.95. The number of likely N-dealkylation sites (N-methyl/N-ethyl adjacent to an activating group) is 1. The van der Waals surface area contributed by atoms with E-state index in [0.29, 0.717) is 12.3 Å². The molecule has 16 heavy (non-hydrogen) atoms. The summed E-state index contributed by atoms with van der Waals surface area (Å²) in [7, 11) is 1.85. The van der Waals surface area contributed by atoms with Crippen molar-refractivity contribution in [2.45, 2.75) is 39.3 Å². The van der Waals surface area contributed by atoms with Crippen LogP contribution < -0.4 is 0 Å². The zero-order valence-electron chi connectivity index (χ0n) is 10.8. The minimum Gasteiger partial charge on any atom is -0.396 e. The molecule has 1 N–H and O–H groups in total. The van der Waals surface area contributed by atoms with Crippen molar-refractivity contribution < 1.29 is 9.90 Å². The lowest BCUT2D eigenvalue weighted by Crippen LogP contribution is -2.60. The lowest BCUT2D eigenvalue weighted by atomic mass is 10.0. The molecular weight excluding hydrogens is 204 g/mol. The molecule has 1 amide bonds. The minimum atomic E-state index is -0.131.